The maximum absolute atomic E-state index is 12.8. The predicted molar refractivity (Wildman–Crippen MR) is 93.5 cm³/mol. The van der Waals surface area contributed by atoms with Crippen LogP contribution in [0.3, 0.4) is 0 Å². The van der Waals surface area contributed by atoms with Crippen molar-refractivity contribution in [3.63, 3.8) is 0 Å². The molecule has 0 fully saturated rings. The largest absolute Gasteiger partial charge is 0.496 e. The van der Waals surface area contributed by atoms with Crippen molar-refractivity contribution in [3.8, 4) is 5.75 Å². The van der Waals surface area contributed by atoms with Crippen molar-refractivity contribution >= 4 is 21.6 Å². The minimum absolute atomic E-state index is 0.0228. The Labute approximate surface area is 155 Å². The topological polar surface area (TPSA) is 46.6 Å². The Kier molecular flexibility index (Phi) is 6.21. The van der Waals surface area contributed by atoms with E-state index in [1.54, 1.807) is 18.2 Å². The number of halogens is 4. The molecule has 0 heterocycles. The first kappa shape index (κ1) is 20.5. The Morgan fingerprint density at radius 2 is 1.85 bits per heavy atom. The van der Waals surface area contributed by atoms with Crippen LogP contribution in [0.5, 0.6) is 5.75 Å². The van der Waals surface area contributed by atoms with E-state index in [0.717, 1.165) is 16.4 Å². The highest BCUT2D eigenvalue weighted by molar-refractivity contribution is 7.88. The number of hydrogen-bond donors (Lipinski definition) is 0. The smallest absolute Gasteiger partial charge is 0.416 e. The van der Waals surface area contributed by atoms with E-state index < -0.39 is 27.5 Å². The second-order valence-electron chi connectivity index (χ2n) is 5.67. The summed E-state index contributed by atoms with van der Waals surface area (Å²) in [7, 11) is -1.05. The van der Waals surface area contributed by atoms with Crippen LogP contribution in [-0.4, -0.2) is 26.9 Å². The average Bonchev–Trinajstić information content (AvgIpc) is 2.54. The molecule has 0 radical (unpaired) electrons. The van der Waals surface area contributed by atoms with Crippen LogP contribution in [0.1, 0.15) is 16.7 Å². The summed E-state index contributed by atoms with van der Waals surface area (Å²) in [6, 6.07) is 9.08. The highest BCUT2D eigenvalue weighted by Gasteiger charge is 2.31. The van der Waals surface area contributed by atoms with Gasteiger partial charge in [0.1, 0.15) is 5.75 Å². The fourth-order valence-electron chi connectivity index (χ4n) is 2.37. The summed E-state index contributed by atoms with van der Waals surface area (Å²) >= 11 is 5.93. The minimum atomic E-state index is -4.53. The monoisotopic (exact) mass is 407 g/mol. The minimum Gasteiger partial charge on any atom is -0.496 e. The molecule has 0 unspecified atom stereocenters. The number of benzene rings is 2. The molecule has 0 saturated carbocycles. The van der Waals surface area contributed by atoms with E-state index in [2.05, 4.69) is 0 Å². The zero-order valence-electron chi connectivity index (χ0n) is 14.0. The van der Waals surface area contributed by atoms with Crippen LogP contribution < -0.4 is 4.74 Å². The fraction of sp³-hybridized carbons (Fsp3) is 0.294. The van der Waals surface area contributed by atoms with E-state index in [1.807, 2.05) is 0 Å². The summed E-state index contributed by atoms with van der Waals surface area (Å²) in [5.74, 6) is -0.0773. The van der Waals surface area contributed by atoms with Gasteiger partial charge >= 0.3 is 6.18 Å². The summed E-state index contributed by atoms with van der Waals surface area (Å²) in [6.45, 7) is -0.0228. The van der Waals surface area contributed by atoms with Gasteiger partial charge in [0.2, 0.25) is 10.0 Å². The summed E-state index contributed by atoms with van der Waals surface area (Å²) in [4.78, 5) is 0. The Bertz CT molecular complexity index is 885. The zero-order chi connectivity index (χ0) is 19.5. The molecule has 0 bridgehead atoms. The lowest BCUT2D eigenvalue weighted by Gasteiger charge is -2.19. The van der Waals surface area contributed by atoms with Crippen LogP contribution in [0.4, 0.5) is 13.2 Å². The molecule has 2 aromatic rings. The van der Waals surface area contributed by atoms with E-state index in [4.69, 9.17) is 16.3 Å². The third kappa shape index (κ3) is 5.12. The molecular formula is C17H17ClF3NO3S. The molecule has 0 spiro atoms. The van der Waals surface area contributed by atoms with Gasteiger partial charge in [-0.2, -0.15) is 13.2 Å². The molecule has 9 heteroatoms. The van der Waals surface area contributed by atoms with Crippen molar-refractivity contribution in [2.45, 2.75) is 18.5 Å². The highest BCUT2D eigenvalue weighted by atomic mass is 35.5. The first-order valence-electron chi connectivity index (χ1n) is 7.45. The predicted octanol–water partition coefficient (Wildman–Crippen LogP) is 4.33. The maximum Gasteiger partial charge on any atom is 0.416 e. The van der Waals surface area contributed by atoms with Crippen molar-refractivity contribution in [2.24, 2.45) is 0 Å². The number of alkyl halides is 3. The Balaban J connectivity index is 2.21. The molecule has 0 aliphatic rings. The van der Waals surface area contributed by atoms with Crippen molar-refractivity contribution < 1.29 is 26.3 Å². The second kappa shape index (κ2) is 7.85. The van der Waals surface area contributed by atoms with Gasteiger partial charge in [0.15, 0.2) is 0 Å². The summed E-state index contributed by atoms with van der Waals surface area (Å²) in [5.41, 5.74) is -0.274. The molecule has 0 N–H and O–H groups in total. The standard InChI is InChI=1S/C17H17ClF3NO3S/c1-22(10-13-9-15(18)6-7-16(13)25-2)26(23,24)11-12-4-3-5-14(8-12)17(19,20)21/h3-9H,10-11H2,1-2H3. The van der Waals surface area contributed by atoms with Crippen LogP contribution >= 0.6 is 11.6 Å². The Hall–Kier alpha value is -1.77. The second-order valence-corrected chi connectivity index (χ2v) is 8.18. The lowest BCUT2D eigenvalue weighted by atomic mass is 10.1. The molecule has 0 saturated heterocycles. The third-order valence-corrected chi connectivity index (χ3v) is 5.73. The number of nitrogens with zero attached hydrogens (tertiary/aromatic N) is 1. The van der Waals surface area contributed by atoms with Gasteiger partial charge in [-0.1, -0.05) is 29.8 Å². The number of rotatable bonds is 6. The van der Waals surface area contributed by atoms with E-state index in [-0.39, 0.29) is 12.1 Å². The van der Waals surface area contributed by atoms with Crippen molar-refractivity contribution in [1.29, 1.82) is 0 Å². The van der Waals surface area contributed by atoms with Gasteiger partial charge in [-0.05, 0) is 29.8 Å². The van der Waals surface area contributed by atoms with Gasteiger partial charge in [-0.25, -0.2) is 12.7 Å². The van der Waals surface area contributed by atoms with Gasteiger partial charge in [0.25, 0.3) is 0 Å². The molecule has 0 aliphatic heterocycles. The third-order valence-electron chi connectivity index (χ3n) is 3.71. The molecule has 4 nitrogen and oxygen atoms in total. The molecule has 0 aliphatic carbocycles. The summed E-state index contributed by atoms with van der Waals surface area (Å²) in [6.07, 6.45) is -4.53. The van der Waals surface area contributed by atoms with Crippen molar-refractivity contribution in [2.75, 3.05) is 14.2 Å². The first-order valence-corrected chi connectivity index (χ1v) is 9.44. The normalized spacial score (nSPS) is 12.4. The summed E-state index contributed by atoms with van der Waals surface area (Å²) in [5, 5.41) is 0.421. The Morgan fingerprint density at radius 1 is 1.15 bits per heavy atom. The number of ether oxygens (including phenoxy) is 1. The van der Waals surface area contributed by atoms with Gasteiger partial charge in [0, 0.05) is 24.2 Å². The molecule has 142 valence electrons. The molecule has 0 aromatic heterocycles. The van der Waals surface area contributed by atoms with Crippen LogP contribution in [0.15, 0.2) is 42.5 Å². The SMILES string of the molecule is COc1ccc(Cl)cc1CN(C)S(=O)(=O)Cc1cccc(C(F)(F)F)c1. The quantitative estimate of drug-likeness (QED) is 0.716. The zero-order valence-corrected chi connectivity index (χ0v) is 15.6. The van der Waals surface area contributed by atoms with Gasteiger partial charge in [-0.15, -0.1) is 0 Å². The fourth-order valence-corrected chi connectivity index (χ4v) is 3.72. The van der Waals surface area contributed by atoms with Crippen LogP contribution in [0.2, 0.25) is 5.02 Å². The van der Waals surface area contributed by atoms with E-state index >= 15 is 0 Å². The van der Waals surface area contributed by atoms with Crippen molar-refractivity contribution in [1.82, 2.24) is 4.31 Å². The van der Waals surface area contributed by atoms with Crippen molar-refractivity contribution in [3.05, 3.63) is 64.2 Å². The van der Waals surface area contributed by atoms with Crippen LogP contribution in [-0.2, 0) is 28.5 Å². The molecule has 26 heavy (non-hydrogen) atoms. The highest BCUT2D eigenvalue weighted by Crippen LogP contribution is 2.30. The average molecular weight is 408 g/mol. The molecule has 2 aromatic carbocycles. The van der Waals surface area contributed by atoms with Crippen LogP contribution in [0.25, 0.3) is 0 Å². The Morgan fingerprint density at radius 3 is 2.46 bits per heavy atom. The first-order chi connectivity index (χ1) is 12.0. The van der Waals surface area contributed by atoms with Gasteiger partial charge < -0.3 is 4.74 Å². The van der Waals surface area contributed by atoms with Crippen LogP contribution in [0, 0.1) is 0 Å². The van der Waals surface area contributed by atoms with Gasteiger partial charge in [-0.3, -0.25) is 0 Å². The lowest BCUT2D eigenvalue weighted by Crippen LogP contribution is -2.28. The van der Waals surface area contributed by atoms with Gasteiger partial charge in [0.05, 0.1) is 18.4 Å². The summed E-state index contributed by atoms with van der Waals surface area (Å²) < 4.78 is 69.6. The number of sulfonamides is 1. The number of hydrogen-bond acceptors (Lipinski definition) is 3. The van der Waals surface area contributed by atoms with E-state index in [9.17, 15) is 21.6 Å². The molecule has 2 rings (SSSR count). The maximum atomic E-state index is 12.8. The molecular weight excluding hydrogens is 391 g/mol. The lowest BCUT2D eigenvalue weighted by molar-refractivity contribution is -0.137. The van der Waals surface area contributed by atoms with E-state index in [1.165, 1.54) is 26.3 Å². The molecule has 0 atom stereocenters. The van der Waals surface area contributed by atoms with E-state index in [0.29, 0.717) is 16.3 Å². The molecule has 0 amide bonds. The number of methoxy groups -OCH3 is 1.